The average Bonchev–Trinajstić information content (AvgIpc) is 3.63. The topological polar surface area (TPSA) is 46.3 Å². The highest BCUT2D eigenvalue weighted by atomic mass is 16.2. The molecule has 0 spiro atoms. The van der Waals surface area contributed by atoms with Gasteiger partial charge in [-0.3, -0.25) is 4.79 Å². The number of carbonyl (C=O) groups excluding carboxylic acids is 1. The Morgan fingerprint density at radius 1 is 0.810 bits per heavy atom. The summed E-state index contributed by atoms with van der Waals surface area (Å²) in [7, 11) is 2.12. The molecule has 1 fully saturated rings. The zero-order valence-electron chi connectivity index (χ0n) is 24.2. The Hall–Kier alpha value is -4.68. The Balaban J connectivity index is 1.29. The molecule has 0 saturated carbocycles. The van der Waals surface area contributed by atoms with Gasteiger partial charge < -0.3 is 18.9 Å². The fourth-order valence-electron chi connectivity index (χ4n) is 6.28. The van der Waals surface area contributed by atoms with E-state index in [2.05, 4.69) is 124 Å². The van der Waals surface area contributed by atoms with Crippen molar-refractivity contribution in [3.63, 3.8) is 0 Å². The minimum atomic E-state index is 0.101. The van der Waals surface area contributed by atoms with Crippen molar-refractivity contribution in [2.75, 3.05) is 33.2 Å². The lowest BCUT2D eigenvalue weighted by molar-refractivity contribution is 0.0664. The van der Waals surface area contributed by atoms with Gasteiger partial charge in [-0.25, -0.2) is 4.98 Å². The summed E-state index contributed by atoms with van der Waals surface area (Å²) in [4.78, 5) is 23.1. The second-order valence-corrected chi connectivity index (χ2v) is 11.4. The van der Waals surface area contributed by atoms with Crippen molar-refractivity contribution in [2.24, 2.45) is 0 Å². The van der Waals surface area contributed by atoms with Gasteiger partial charge in [-0.05, 0) is 53.1 Å². The van der Waals surface area contributed by atoms with Crippen LogP contribution in [0.15, 0.2) is 104 Å². The lowest BCUT2D eigenvalue weighted by Crippen LogP contribution is -2.47. The van der Waals surface area contributed by atoms with Crippen molar-refractivity contribution in [1.29, 1.82) is 0 Å². The maximum absolute atomic E-state index is 14.2. The zero-order valence-corrected chi connectivity index (χ0v) is 24.2. The van der Waals surface area contributed by atoms with Gasteiger partial charge in [-0.1, -0.05) is 84.9 Å². The maximum Gasteiger partial charge on any atom is 0.256 e. The van der Waals surface area contributed by atoms with E-state index < -0.39 is 0 Å². The first kappa shape index (κ1) is 26.2. The monoisotopic (exact) mass is 553 g/mol. The number of hydrogen-bond acceptors (Lipinski definition) is 3. The third-order valence-electron chi connectivity index (χ3n) is 8.73. The van der Waals surface area contributed by atoms with Gasteiger partial charge in [0, 0.05) is 50.2 Å². The standard InChI is InChI=1S/C36H35N5O/c1-26-35(36(42)39-20-18-38(2)19-21-39)33(32-13-7-11-29-9-5-6-12-31(29)32)24-41(26)34-23-37-25-40(34)17-16-27-14-15-28-8-3-4-10-30(28)22-27/h3-15,22-25H,16-21H2,1-2H3. The number of benzene rings is 4. The number of amides is 1. The van der Waals surface area contributed by atoms with E-state index >= 15 is 0 Å². The summed E-state index contributed by atoms with van der Waals surface area (Å²) in [6, 6.07) is 29.9. The molecule has 42 heavy (non-hydrogen) atoms. The molecule has 0 aliphatic carbocycles. The van der Waals surface area contributed by atoms with Crippen LogP contribution in [0.25, 0.3) is 38.5 Å². The zero-order chi connectivity index (χ0) is 28.6. The van der Waals surface area contributed by atoms with Crippen LogP contribution in [-0.2, 0) is 13.0 Å². The molecule has 1 aliphatic rings. The summed E-state index contributed by atoms with van der Waals surface area (Å²) in [6.45, 7) is 6.10. The Morgan fingerprint density at radius 3 is 2.38 bits per heavy atom. The molecule has 6 aromatic rings. The van der Waals surface area contributed by atoms with Crippen LogP contribution in [0.2, 0.25) is 0 Å². The minimum Gasteiger partial charge on any atom is -0.336 e. The fourth-order valence-corrected chi connectivity index (χ4v) is 6.28. The third kappa shape index (κ3) is 4.78. The van der Waals surface area contributed by atoms with Crippen LogP contribution in [0, 0.1) is 6.92 Å². The number of carbonyl (C=O) groups is 1. The van der Waals surface area contributed by atoms with Crippen LogP contribution in [-0.4, -0.2) is 63.1 Å². The number of aromatic nitrogens is 3. The number of rotatable bonds is 6. The molecule has 0 bridgehead atoms. The molecule has 0 N–H and O–H groups in total. The molecule has 7 rings (SSSR count). The van der Waals surface area contributed by atoms with Crippen LogP contribution in [0.3, 0.4) is 0 Å². The number of fused-ring (bicyclic) bond motifs is 2. The molecule has 1 saturated heterocycles. The maximum atomic E-state index is 14.2. The molecular formula is C36H35N5O. The summed E-state index contributed by atoms with van der Waals surface area (Å²) < 4.78 is 4.35. The molecule has 3 heterocycles. The van der Waals surface area contributed by atoms with Crippen molar-refractivity contribution in [3.8, 4) is 16.9 Å². The summed E-state index contributed by atoms with van der Waals surface area (Å²) in [6.07, 6.45) is 6.83. The molecule has 6 heteroatoms. The molecule has 1 aliphatic heterocycles. The summed E-state index contributed by atoms with van der Waals surface area (Å²) in [5.41, 5.74) is 5.05. The van der Waals surface area contributed by atoms with Gasteiger partial charge in [-0.2, -0.15) is 0 Å². The highest BCUT2D eigenvalue weighted by Gasteiger charge is 2.28. The predicted octanol–water partition coefficient (Wildman–Crippen LogP) is 6.59. The molecule has 1 amide bonds. The Morgan fingerprint density at radius 2 is 1.55 bits per heavy atom. The first-order valence-corrected chi connectivity index (χ1v) is 14.7. The number of likely N-dealkylation sites (N-methyl/N-ethyl adjacent to an activating group) is 1. The number of nitrogens with zero attached hydrogens (tertiary/aromatic N) is 5. The largest absolute Gasteiger partial charge is 0.336 e. The van der Waals surface area contributed by atoms with E-state index in [1.165, 1.54) is 21.7 Å². The van der Waals surface area contributed by atoms with Gasteiger partial charge in [0.05, 0.1) is 18.1 Å². The summed E-state index contributed by atoms with van der Waals surface area (Å²) >= 11 is 0. The predicted molar refractivity (Wildman–Crippen MR) is 170 cm³/mol. The van der Waals surface area contributed by atoms with Crippen molar-refractivity contribution < 1.29 is 4.79 Å². The van der Waals surface area contributed by atoms with Crippen LogP contribution < -0.4 is 0 Å². The van der Waals surface area contributed by atoms with Gasteiger partial charge in [0.2, 0.25) is 0 Å². The quantitative estimate of drug-likeness (QED) is 0.234. The second kappa shape index (κ2) is 11.0. The minimum absolute atomic E-state index is 0.101. The average molecular weight is 554 g/mol. The van der Waals surface area contributed by atoms with E-state index in [1.54, 1.807) is 0 Å². The smallest absolute Gasteiger partial charge is 0.256 e. The third-order valence-corrected chi connectivity index (χ3v) is 8.73. The SMILES string of the molecule is Cc1c(C(=O)N2CCN(C)CC2)c(-c2cccc3ccccc23)cn1-c1cncn1CCc1ccc2ccccc2c1. The first-order valence-electron chi connectivity index (χ1n) is 14.7. The van der Waals surface area contributed by atoms with Gasteiger partial charge in [0.1, 0.15) is 5.82 Å². The summed E-state index contributed by atoms with van der Waals surface area (Å²) in [5, 5.41) is 4.83. The van der Waals surface area contributed by atoms with E-state index in [1.807, 2.05) is 17.4 Å². The van der Waals surface area contributed by atoms with Gasteiger partial charge in [0.15, 0.2) is 0 Å². The molecule has 2 aromatic heterocycles. The van der Waals surface area contributed by atoms with Gasteiger partial charge >= 0.3 is 0 Å². The molecular weight excluding hydrogens is 518 g/mol. The number of aryl methyl sites for hydroxylation is 2. The van der Waals surface area contributed by atoms with E-state index in [4.69, 9.17) is 0 Å². The van der Waals surface area contributed by atoms with E-state index in [0.717, 1.165) is 72.7 Å². The van der Waals surface area contributed by atoms with Crippen LogP contribution in [0.5, 0.6) is 0 Å². The molecule has 0 unspecified atom stereocenters. The molecule has 6 nitrogen and oxygen atoms in total. The number of hydrogen-bond donors (Lipinski definition) is 0. The molecule has 4 aromatic carbocycles. The summed E-state index contributed by atoms with van der Waals surface area (Å²) in [5.74, 6) is 1.07. The van der Waals surface area contributed by atoms with Crippen LogP contribution in [0.1, 0.15) is 21.6 Å². The lowest BCUT2D eigenvalue weighted by Gasteiger charge is -2.32. The Bertz CT molecular complexity index is 1900. The van der Waals surface area contributed by atoms with Crippen molar-refractivity contribution >= 4 is 27.5 Å². The Labute approximate surface area is 246 Å². The van der Waals surface area contributed by atoms with Gasteiger partial charge in [-0.15, -0.1) is 0 Å². The van der Waals surface area contributed by atoms with Crippen molar-refractivity contribution in [2.45, 2.75) is 19.9 Å². The van der Waals surface area contributed by atoms with E-state index in [9.17, 15) is 4.79 Å². The van der Waals surface area contributed by atoms with Gasteiger partial charge in [0.25, 0.3) is 5.91 Å². The molecule has 0 radical (unpaired) electrons. The van der Waals surface area contributed by atoms with Crippen LogP contribution in [0.4, 0.5) is 0 Å². The fraction of sp³-hybridized carbons (Fsp3) is 0.222. The normalized spacial score (nSPS) is 14.2. The highest BCUT2D eigenvalue weighted by Crippen LogP contribution is 2.36. The van der Waals surface area contributed by atoms with E-state index in [0.29, 0.717) is 0 Å². The highest BCUT2D eigenvalue weighted by molar-refractivity contribution is 6.07. The van der Waals surface area contributed by atoms with Crippen molar-refractivity contribution in [1.82, 2.24) is 23.9 Å². The van der Waals surface area contributed by atoms with E-state index in [-0.39, 0.29) is 5.91 Å². The van der Waals surface area contributed by atoms with Crippen molar-refractivity contribution in [3.05, 3.63) is 120 Å². The Kier molecular flexibility index (Phi) is 6.84. The number of piperazine rings is 1. The lowest BCUT2D eigenvalue weighted by atomic mass is 9.96. The molecule has 210 valence electrons. The first-order chi connectivity index (χ1) is 20.6. The number of imidazole rings is 1. The molecule has 0 atom stereocenters. The van der Waals surface area contributed by atoms with Crippen LogP contribution >= 0.6 is 0 Å². The second-order valence-electron chi connectivity index (χ2n) is 11.4.